The monoisotopic (exact) mass is 577 g/mol. The Balaban J connectivity index is 1.69. The summed E-state index contributed by atoms with van der Waals surface area (Å²) in [5.41, 5.74) is 3.09. The number of carbonyl (C=O) groups excluding carboxylic acids is 1. The fraction of sp³-hybridized carbons (Fsp3) is 0.250. The second-order valence-corrected chi connectivity index (χ2v) is 9.29. The number of hydrogen-bond donors (Lipinski definition) is 1. The highest BCUT2D eigenvalue weighted by molar-refractivity contribution is 14.1. The summed E-state index contributed by atoms with van der Waals surface area (Å²) < 4.78 is 6.37. The third-order valence-corrected chi connectivity index (χ3v) is 6.51. The van der Waals surface area contributed by atoms with Gasteiger partial charge in [0.1, 0.15) is 10.9 Å². The molecule has 170 valence electrons. The molecule has 1 atom stereocenters. The average molecular weight is 578 g/mol. The van der Waals surface area contributed by atoms with E-state index in [4.69, 9.17) is 21.4 Å². The summed E-state index contributed by atoms with van der Waals surface area (Å²) in [6.07, 6.45) is 0.740. The number of methoxy groups -OCH3 is 1. The van der Waals surface area contributed by atoms with Crippen molar-refractivity contribution in [2.24, 2.45) is 5.10 Å². The number of aromatic nitrogens is 1. The number of carboxylic acid groups (broad SMARTS) is 1. The van der Waals surface area contributed by atoms with Crippen molar-refractivity contribution < 1.29 is 19.4 Å². The van der Waals surface area contributed by atoms with E-state index < -0.39 is 12.0 Å². The molecule has 1 aliphatic heterocycles. The molecule has 1 amide bonds. The number of hydrazone groups is 1. The van der Waals surface area contributed by atoms with Crippen LogP contribution in [0.1, 0.15) is 42.9 Å². The topological polar surface area (TPSA) is 92.1 Å². The molecule has 0 bridgehead atoms. The lowest BCUT2D eigenvalue weighted by Crippen LogP contribution is -2.27. The number of pyridine rings is 1. The van der Waals surface area contributed by atoms with Gasteiger partial charge < -0.3 is 9.84 Å². The Bertz CT molecular complexity index is 1250. The molecule has 0 spiro atoms. The van der Waals surface area contributed by atoms with E-state index in [0.29, 0.717) is 28.4 Å². The van der Waals surface area contributed by atoms with E-state index in [2.05, 4.69) is 32.7 Å². The van der Waals surface area contributed by atoms with Crippen molar-refractivity contribution in [3.05, 3.63) is 68.4 Å². The SMILES string of the molecule is COc1ccc2cc(C3CC(c4ccc(I)cc4)=NN3C(=O)CCCC(=O)O)c(Cl)nc2c1. The van der Waals surface area contributed by atoms with Crippen LogP contribution >= 0.6 is 34.2 Å². The minimum Gasteiger partial charge on any atom is -0.497 e. The quantitative estimate of drug-likeness (QED) is 0.299. The highest BCUT2D eigenvalue weighted by Crippen LogP contribution is 2.38. The smallest absolute Gasteiger partial charge is 0.303 e. The Hall–Kier alpha value is -2.72. The van der Waals surface area contributed by atoms with Gasteiger partial charge in [0.25, 0.3) is 0 Å². The Kier molecular flexibility index (Phi) is 7.14. The van der Waals surface area contributed by atoms with Crippen molar-refractivity contribution in [3.63, 3.8) is 0 Å². The van der Waals surface area contributed by atoms with Gasteiger partial charge in [0, 0.05) is 39.8 Å². The summed E-state index contributed by atoms with van der Waals surface area (Å²) >= 11 is 8.83. The molecular weight excluding hydrogens is 557 g/mol. The van der Waals surface area contributed by atoms with Crippen LogP contribution in [0.15, 0.2) is 53.6 Å². The Labute approximate surface area is 209 Å². The number of carbonyl (C=O) groups is 2. The second-order valence-electron chi connectivity index (χ2n) is 7.69. The molecule has 2 heterocycles. The summed E-state index contributed by atoms with van der Waals surface area (Å²) in [6, 6.07) is 15.0. The predicted octanol–water partition coefficient (Wildman–Crippen LogP) is 5.43. The standard InChI is InChI=1S/C24H21ClIN3O4/c1-33-17-10-7-15-11-18(24(25)27-19(15)12-17)21-13-20(14-5-8-16(26)9-6-14)28-29(21)22(30)3-2-4-23(31)32/h5-12,21H,2-4,13H2,1H3,(H,31,32). The molecule has 0 radical (unpaired) electrons. The van der Waals surface area contributed by atoms with E-state index in [-0.39, 0.29) is 25.2 Å². The van der Waals surface area contributed by atoms with E-state index in [9.17, 15) is 9.59 Å². The first-order valence-electron chi connectivity index (χ1n) is 10.4. The van der Waals surface area contributed by atoms with Gasteiger partial charge >= 0.3 is 5.97 Å². The lowest BCUT2D eigenvalue weighted by Gasteiger charge is -2.23. The molecule has 0 fully saturated rings. The van der Waals surface area contributed by atoms with Gasteiger partial charge in [-0.2, -0.15) is 5.10 Å². The molecule has 0 saturated carbocycles. The van der Waals surface area contributed by atoms with E-state index in [1.807, 2.05) is 48.5 Å². The number of aliphatic carboxylic acids is 1. The van der Waals surface area contributed by atoms with Crippen LogP contribution in [-0.2, 0) is 9.59 Å². The van der Waals surface area contributed by atoms with Gasteiger partial charge in [-0.1, -0.05) is 23.7 Å². The second kappa shape index (κ2) is 10.0. The maximum atomic E-state index is 13.0. The van der Waals surface area contributed by atoms with E-state index >= 15 is 0 Å². The summed E-state index contributed by atoms with van der Waals surface area (Å²) in [5, 5.41) is 16.2. The van der Waals surface area contributed by atoms with Gasteiger partial charge in [0.05, 0.1) is 24.4 Å². The maximum Gasteiger partial charge on any atom is 0.303 e. The van der Waals surface area contributed by atoms with Crippen LogP contribution in [0.3, 0.4) is 0 Å². The number of rotatable bonds is 7. The minimum atomic E-state index is -0.930. The highest BCUT2D eigenvalue weighted by atomic mass is 127. The molecule has 0 saturated heterocycles. The Morgan fingerprint density at radius 2 is 1.94 bits per heavy atom. The molecule has 1 aliphatic rings. The first-order chi connectivity index (χ1) is 15.9. The highest BCUT2D eigenvalue weighted by Gasteiger charge is 2.34. The van der Waals surface area contributed by atoms with Gasteiger partial charge in [0.2, 0.25) is 5.91 Å². The zero-order valence-electron chi connectivity index (χ0n) is 17.8. The number of benzene rings is 2. The van der Waals surface area contributed by atoms with E-state index in [0.717, 1.165) is 20.2 Å². The van der Waals surface area contributed by atoms with Crippen LogP contribution in [0.25, 0.3) is 10.9 Å². The van der Waals surface area contributed by atoms with Gasteiger partial charge in [-0.05, 0) is 64.9 Å². The fourth-order valence-corrected chi connectivity index (χ4v) is 4.44. The molecule has 0 aliphatic carbocycles. The number of hydrogen-bond acceptors (Lipinski definition) is 5. The van der Waals surface area contributed by atoms with Crippen molar-refractivity contribution >= 4 is 62.7 Å². The van der Waals surface area contributed by atoms with Crippen molar-refractivity contribution in [2.75, 3.05) is 7.11 Å². The van der Waals surface area contributed by atoms with E-state index in [1.165, 1.54) is 5.01 Å². The number of amides is 1. The fourth-order valence-electron chi connectivity index (χ4n) is 3.81. The Morgan fingerprint density at radius 3 is 2.64 bits per heavy atom. The van der Waals surface area contributed by atoms with Crippen molar-refractivity contribution in [3.8, 4) is 5.75 Å². The summed E-state index contributed by atoms with van der Waals surface area (Å²) in [7, 11) is 1.59. The van der Waals surface area contributed by atoms with Crippen LogP contribution < -0.4 is 4.74 Å². The predicted molar refractivity (Wildman–Crippen MR) is 135 cm³/mol. The molecule has 9 heteroatoms. The summed E-state index contributed by atoms with van der Waals surface area (Å²) in [5.74, 6) is -0.493. The van der Waals surface area contributed by atoms with E-state index in [1.54, 1.807) is 7.11 Å². The largest absolute Gasteiger partial charge is 0.497 e. The van der Waals surface area contributed by atoms with Crippen LogP contribution in [-0.4, -0.2) is 39.8 Å². The first kappa shape index (κ1) is 23.4. The van der Waals surface area contributed by atoms with Crippen LogP contribution in [0.4, 0.5) is 0 Å². The van der Waals surface area contributed by atoms with Crippen LogP contribution in [0.5, 0.6) is 5.75 Å². The lowest BCUT2D eigenvalue weighted by atomic mass is 9.98. The van der Waals surface area contributed by atoms with Crippen LogP contribution in [0.2, 0.25) is 5.15 Å². The normalized spacial score (nSPS) is 15.5. The van der Waals surface area contributed by atoms with Crippen molar-refractivity contribution in [2.45, 2.75) is 31.7 Å². The molecule has 7 nitrogen and oxygen atoms in total. The summed E-state index contributed by atoms with van der Waals surface area (Å²) in [4.78, 5) is 28.5. The number of halogens is 2. The summed E-state index contributed by atoms with van der Waals surface area (Å²) in [6.45, 7) is 0. The molecule has 33 heavy (non-hydrogen) atoms. The molecule has 4 rings (SSSR count). The third-order valence-electron chi connectivity index (χ3n) is 5.49. The lowest BCUT2D eigenvalue weighted by molar-refractivity contribution is -0.137. The van der Waals surface area contributed by atoms with Crippen molar-refractivity contribution in [1.82, 2.24) is 9.99 Å². The average Bonchev–Trinajstić information content (AvgIpc) is 3.23. The van der Waals surface area contributed by atoms with Crippen LogP contribution in [0, 0.1) is 3.57 Å². The Morgan fingerprint density at radius 1 is 1.18 bits per heavy atom. The van der Waals surface area contributed by atoms with Gasteiger partial charge in [-0.3, -0.25) is 9.59 Å². The molecule has 3 aromatic rings. The number of carboxylic acids is 1. The molecule has 1 N–H and O–H groups in total. The number of nitrogens with zero attached hydrogens (tertiary/aromatic N) is 3. The van der Waals surface area contributed by atoms with Gasteiger partial charge in [-0.15, -0.1) is 0 Å². The third kappa shape index (κ3) is 5.27. The number of ether oxygens (including phenoxy) is 1. The maximum absolute atomic E-state index is 13.0. The first-order valence-corrected chi connectivity index (χ1v) is 11.8. The minimum absolute atomic E-state index is 0.0714. The van der Waals surface area contributed by atoms with Gasteiger partial charge in [-0.25, -0.2) is 9.99 Å². The zero-order valence-corrected chi connectivity index (χ0v) is 20.7. The van der Waals surface area contributed by atoms with Gasteiger partial charge in [0.15, 0.2) is 0 Å². The molecule has 1 aromatic heterocycles. The molecule has 2 aromatic carbocycles. The zero-order chi connectivity index (χ0) is 23.5. The van der Waals surface area contributed by atoms with Crippen molar-refractivity contribution in [1.29, 1.82) is 0 Å². The number of fused-ring (bicyclic) bond motifs is 1. The molecular formula is C24H21ClIN3O4. The molecule has 1 unspecified atom stereocenters.